The standard InChI is InChI=1S/C16H15N3O2S/c1-19(15-8-7-13(17-18-15)16(20)21-2)9-11-10-22-14-6-4-3-5-12(11)14/h3-8,10H,9H2,1-2H3. The van der Waals surface area contributed by atoms with Crippen LogP contribution in [0.15, 0.2) is 41.8 Å². The molecule has 0 aliphatic carbocycles. The van der Waals surface area contributed by atoms with E-state index in [9.17, 15) is 4.79 Å². The van der Waals surface area contributed by atoms with Crippen LogP contribution in [0.1, 0.15) is 16.1 Å². The number of ether oxygens (including phenoxy) is 1. The summed E-state index contributed by atoms with van der Waals surface area (Å²) in [5, 5.41) is 11.4. The predicted molar refractivity (Wildman–Crippen MR) is 87.3 cm³/mol. The van der Waals surface area contributed by atoms with Crippen LogP contribution < -0.4 is 4.90 Å². The predicted octanol–water partition coefficient (Wildman–Crippen LogP) is 3.11. The number of thiophene rings is 1. The topological polar surface area (TPSA) is 55.3 Å². The zero-order valence-corrected chi connectivity index (χ0v) is 13.1. The van der Waals surface area contributed by atoms with E-state index in [0.717, 1.165) is 6.54 Å². The molecule has 0 saturated carbocycles. The van der Waals surface area contributed by atoms with E-state index in [2.05, 4.69) is 32.4 Å². The van der Waals surface area contributed by atoms with E-state index in [0.29, 0.717) is 5.82 Å². The first-order valence-corrected chi connectivity index (χ1v) is 7.65. The van der Waals surface area contributed by atoms with Crippen molar-refractivity contribution in [2.45, 2.75) is 6.54 Å². The Morgan fingerprint density at radius 3 is 2.77 bits per heavy atom. The first kappa shape index (κ1) is 14.5. The number of hydrogen-bond acceptors (Lipinski definition) is 6. The minimum Gasteiger partial charge on any atom is -0.464 e. The van der Waals surface area contributed by atoms with Crippen molar-refractivity contribution in [3.8, 4) is 0 Å². The van der Waals surface area contributed by atoms with Crippen molar-refractivity contribution in [1.29, 1.82) is 0 Å². The summed E-state index contributed by atoms with van der Waals surface area (Å²) in [5.41, 5.74) is 1.46. The summed E-state index contributed by atoms with van der Waals surface area (Å²) >= 11 is 1.74. The minimum atomic E-state index is -0.481. The molecule has 2 aromatic heterocycles. The van der Waals surface area contributed by atoms with E-state index in [4.69, 9.17) is 0 Å². The van der Waals surface area contributed by atoms with Gasteiger partial charge < -0.3 is 9.64 Å². The van der Waals surface area contributed by atoms with Crippen molar-refractivity contribution in [2.75, 3.05) is 19.1 Å². The molecule has 0 atom stereocenters. The molecule has 1 aromatic carbocycles. The maximum Gasteiger partial charge on any atom is 0.358 e. The highest BCUT2D eigenvalue weighted by molar-refractivity contribution is 7.17. The van der Waals surface area contributed by atoms with Crippen LogP contribution in [0.2, 0.25) is 0 Å². The van der Waals surface area contributed by atoms with Crippen molar-refractivity contribution in [1.82, 2.24) is 10.2 Å². The van der Waals surface area contributed by atoms with Gasteiger partial charge in [-0.3, -0.25) is 0 Å². The molecule has 0 aliphatic rings. The van der Waals surface area contributed by atoms with Gasteiger partial charge in [0.1, 0.15) is 0 Å². The summed E-state index contributed by atoms with van der Waals surface area (Å²) in [5.74, 6) is 0.230. The Morgan fingerprint density at radius 1 is 1.23 bits per heavy atom. The van der Waals surface area contributed by atoms with E-state index in [1.165, 1.54) is 22.8 Å². The van der Waals surface area contributed by atoms with Gasteiger partial charge in [0.15, 0.2) is 11.5 Å². The molecule has 0 aliphatic heterocycles. The fourth-order valence-electron chi connectivity index (χ4n) is 2.23. The van der Waals surface area contributed by atoms with Gasteiger partial charge in [-0.2, -0.15) is 0 Å². The Balaban J connectivity index is 1.79. The average molecular weight is 313 g/mol. The van der Waals surface area contributed by atoms with Gasteiger partial charge in [0.05, 0.1) is 7.11 Å². The van der Waals surface area contributed by atoms with Gasteiger partial charge in [0, 0.05) is 18.3 Å². The lowest BCUT2D eigenvalue weighted by Crippen LogP contribution is -2.18. The number of nitrogens with zero attached hydrogens (tertiary/aromatic N) is 3. The number of anilines is 1. The summed E-state index contributed by atoms with van der Waals surface area (Å²) in [4.78, 5) is 13.4. The van der Waals surface area contributed by atoms with E-state index >= 15 is 0 Å². The van der Waals surface area contributed by atoms with Crippen LogP contribution in [0.3, 0.4) is 0 Å². The lowest BCUT2D eigenvalue weighted by molar-refractivity contribution is 0.0592. The van der Waals surface area contributed by atoms with E-state index in [-0.39, 0.29) is 5.69 Å². The third-order valence-corrected chi connectivity index (χ3v) is 4.42. The first-order valence-electron chi connectivity index (χ1n) is 6.77. The number of methoxy groups -OCH3 is 1. The highest BCUT2D eigenvalue weighted by Gasteiger charge is 2.11. The fourth-order valence-corrected chi connectivity index (χ4v) is 3.19. The lowest BCUT2D eigenvalue weighted by atomic mass is 10.2. The number of carbonyl (C=O) groups excluding carboxylic acids is 1. The Morgan fingerprint density at radius 2 is 2.05 bits per heavy atom. The fraction of sp³-hybridized carbons (Fsp3) is 0.188. The highest BCUT2D eigenvalue weighted by Crippen LogP contribution is 2.27. The summed E-state index contributed by atoms with van der Waals surface area (Å²) in [6.45, 7) is 0.732. The molecular formula is C16H15N3O2S. The third kappa shape index (κ3) is 2.78. The second-order valence-corrected chi connectivity index (χ2v) is 5.79. The molecule has 112 valence electrons. The minimum absolute atomic E-state index is 0.209. The molecule has 22 heavy (non-hydrogen) atoms. The molecule has 0 bridgehead atoms. The highest BCUT2D eigenvalue weighted by atomic mass is 32.1. The molecule has 0 radical (unpaired) electrons. The molecule has 0 saturated heterocycles. The Hall–Kier alpha value is -2.47. The van der Waals surface area contributed by atoms with Gasteiger partial charge >= 0.3 is 5.97 Å². The number of fused-ring (bicyclic) bond motifs is 1. The van der Waals surface area contributed by atoms with Crippen molar-refractivity contribution >= 4 is 33.2 Å². The third-order valence-electron chi connectivity index (χ3n) is 3.40. The number of aromatic nitrogens is 2. The molecule has 3 aromatic rings. The second kappa shape index (κ2) is 6.11. The average Bonchev–Trinajstić information content (AvgIpc) is 2.97. The van der Waals surface area contributed by atoms with Crippen LogP contribution in [-0.4, -0.2) is 30.3 Å². The van der Waals surface area contributed by atoms with Gasteiger partial charge in [-0.05, 0) is 34.5 Å². The Bertz CT molecular complexity index is 799. The zero-order chi connectivity index (χ0) is 15.5. The molecule has 0 N–H and O–H groups in total. The van der Waals surface area contributed by atoms with Gasteiger partial charge in [-0.1, -0.05) is 18.2 Å². The second-order valence-electron chi connectivity index (χ2n) is 4.88. The van der Waals surface area contributed by atoms with Gasteiger partial charge in [0.2, 0.25) is 0 Å². The number of rotatable bonds is 4. The van der Waals surface area contributed by atoms with Crippen LogP contribution in [0.25, 0.3) is 10.1 Å². The lowest BCUT2D eigenvalue weighted by Gasteiger charge is -2.17. The first-order chi connectivity index (χ1) is 10.7. The van der Waals surface area contributed by atoms with Crippen LogP contribution in [0.5, 0.6) is 0 Å². The summed E-state index contributed by atoms with van der Waals surface area (Å²) in [7, 11) is 3.28. The van der Waals surface area contributed by atoms with Gasteiger partial charge in [-0.15, -0.1) is 21.5 Å². The molecule has 0 unspecified atom stereocenters. The monoisotopic (exact) mass is 313 g/mol. The van der Waals surface area contributed by atoms with Crippen LogP contribution in [-0.2, 0) is 11.3 Å². The van der Waals surface area contributed by atoms with Crippen LogP contribution in [0.4, 0.5) is 5.82 Å². The van der Waals surface area contributed by atoms with Gasteiger partial charge in [-0.25, -0.2) is 4.79 Å². The van der Waals surface area contributed by atoms with Crippen molar-refractivity contribution < 1.29 is 9.53 Å². The maximum atomic E-state index is 11.4. The number of benzene rings is 1. The van der Waals surface area contributed by atoms with Crippen molar-refractivity contribution in [3.05, 3.63) is 53.0 Å². The molecule has 0 fully saturated rings. The van der Waals surface area contributed by atoms with E-state index in [1.807, 2.05) is 24.1 Å². The SMILES string of the molecule is COC(=O)c1ccc(N(C)Cc2csc3ccccc23)nn1. The molecule has 0 amide bonds. The summed E-state index contributed by atoms with van der Waals surface area (Å²) < 4.78 is 5.89. The van der Waals surface area contributed by atoms with E-state index in [1.54, 1.807) is 23.5 Å². The molecule has 2 heterocycles. The van der Waals surface area contributed by atoms with Crippen molar-refractivity contribution in [2.24, 2.45) is 0 Å². The largest absolute Gasteiger partial charge is 0.464 e. The van der Waals surface area contributed by atoms with Gasteiger partial charge in [0.25, 0.3) is 0 Å². The molecule has 3 rings (SSSR count). The Kier molecular flexibility index (Phi) is 4.02. The normalized spacial score (nSPS) is 10.6. The van der Waals surface area contributed by atoms with E-state index < -0.39 is 5.97 Å². The number of esters is 1. The number of carbonyl (C=O) groups is 1. The quantitative estimate of drug-likeness (QED) is 0.693. The molecule has 0 spiro atoms. The maximum absolute atomic E-state index is 11.4. The summed E-state index contributed by atoms with van der Waals surface area (Å²) in [6, 6.07) is 11.7. The zero-order valence-electron chi connectivity index (χ0n) is 12.3. The summed E-state index contributed by atoms with van der Waals surface area (Å²) in [6.07, 6.45) is 0. The van der Waals surface area contributed by atoms with Crippen molar-refractivity contribution in [3.63, 3.8) is 0 Å². The smallest absolute Gasteiger partial charge is 0.358 e. The molecule has 6 heteroatoms. The van der Waals surface area contributed by atoms with Crippen LogP contribution >= 0.6 is 11.3 Å². The van der Waals surface area contributed by atoms with Crippen LogP contribution in [0, 0.1) is 0 Å². The molecule has 5 nitrogen and oxygen atoms in total. The number of hydrogen-bond donors (Lipinski definition) is 0. The Labute approximate surface area is 132 Å². The molecular weight excluding hydrogens is 298 g/mol.